The Morgan fingerprint density at radius 3 is 2.53 bits per heavy atom. The second kappa shape index (κ2) is 10.0. The van der Waals surface area contributed by atoms with Gasteiger partial charge in [-0.1, -0.05) is 11.6 Å². The van der Waals surface area contributed by atoms with E-state index in [0.717, 1.165) is 16.4 Å². The van der Waals surface area contributed by atoms with E-state index in [2.05, 4.69) is 5.32 Å². The molecule has 0 atom stereocenters. The van der Waals surface area contributed by atoms with Gasteiger partial charge in [0.05, 0.1) is 31.5 Å². The Morgan fingerprint density at radius 1 is 1.22 bits per heavy atom. The van der Waals surface area contributed by atoms with Crippen molar-refractivity contribution >= 4 is 33.2 Å². The summed E-state index contributed by atoms with van der Waals surface area (Å²) in [6.07, 6.45) is -0.160. The van der Waals surface area contributed by atoms with Crippen LogP contribution in [0.2, 0.25) is 5.02 Å². The molecule has 2 aromatic carbocycles. The number of nitrogens with one attached hydrogen (secondary N) is 1. The number of ether oxygens (including phenoxy) is 3. The van der Waals surface area contributed by atoms with E-state index in [1.54, 1.807) is 0 Å². The van der Waals surface area contributed by atoms with E-state index < -0.39 is 26.6 Å². The minimum absolute atomic E-state index is 0.112. The van der Waals surface area contributed by atoms with Gasteiger partial charge in [0, 0.05) is 24.3 Å². The van der Waals surface area contributed by atoms with Gasteiger partial charge in [-0.3, -0.25) is 4.79 Å². The Bertz CT molecular complexity index is 1100. The Kier molecular flexibility index (Phi) is 7.60. The summed E-state index contributed by atoms with van der Waals surface area (Å²) >= 11 is 6.27. The molecular weight excluding hydrogens is 463 g/mol. The van der Waals surface area contributed by atoms with E-state index in [-0.39, 0.29) is 54.4 Å². The van der Waals surface area contributed by atoms with E-state index in [9.17, 15) is 17.6 Å². The van der Waals surface area contributed by atoms with Crippen molar-refractivity contribution in [2.24, 2.45) is 0 Å². The first kappa shape index (κ1) is 24.2. The van der Waals surface area contributed by atoms with E-state index in [0.29, 0.717) is 5.75 Å². The minimum atomic E-state index is -4.08. The number of hydrogen-bond acceptors (Lipinski definition) is 6. The highest BCUT2D eigenvalue weighted by molar-refractivity contribution is 7.89. The molecule has 0 unspecified atom stereocenters. The average Bonchev–Trinajstić information content (AvgIpc) is 2.76. The first-order valence-corrected chi connectivity index (χ1v) is 11.7. The topological polar surface area (TPSA) is 94.2 Å². The summed E-state index contributed by atoms with van der Waals surface area (Å²) < 4.78 is 57.3. The fourth-order valence-corrected chi connectivity index (χ4v) is 4.86. The lowest BCUT2D eigenvalue weighted by atomic mass is 10.1. The van der Waals surface area contributed by atoms with Crippen molar-refractivity contribution in [1.82, 2.24) is 4.31 Å². The molecule has 1 fully saturated rings. The SMILES string of the molecule is COc1cc(C(=O)Nc2ccc(F)c(S(=O)(=O)N3CCOCC3)c2)cc(Cl)c1OC(C)C. The summed E-state index contributed by atoms with van der Waals surface area (Å²) in [6, 6.07) is 6.23. The number of anilines is 1. The zero-order valence-electron chi connectivity index (χ0n) is 17.9. The molecule has 11 heteroatoms. The van der Waals surface area contributed by atoms with Crippen LogP contribution in [0.25, 0.3) is 0 Å². The number of hydrogen-bond donors (Lipinski definition) is 1. The molecule has 1 heterocycles. The normalized spacial score (nSPS) is 14.9. The standard InChI is InChI=1S/C21H24ClFN2O6S/c1-13(2)31-20-16(22)10-14(11-18(20)29-3)21(26)24-15-4-5-17(23)19(12-15)32(27,28)25-6-8-30-9-7-25/h4-5,10-13H,6-9H2,1-3H3,(H,24,26). The van der Waals surface area contributed by atoms with E-state index >= 15 is 0 Å². The first-order chi connectivity index (χ1) is 15.1. The lowest BCUT2D eigenvalue weighted by Crippen LogP contribution is -2.40. The van der Waals surface area contributed by atoms with Crippen molar-refractivity contribution in [3.05, 3.63) is 46.7 Å². The quantitative estimate of drug-likeness (QED) is 0.643. The highest BCUT2D eigenvalue weighted by Crippen LogP contribution is 2.37. The molecule has 3 rings (SSSR count). The van der Waals surface area contributed by atoms with Crippen molar-refractivity contribution in [3.63, 3.8) is 0 Å². The molecule has 1 saturated heterocycles. The van der Waals surface area contributed by atoms with Gasteiger partial charge in [-0.15, -0.1) is 0 Å². The first-order valence-electron chi connectivity index (χ1n) is 9.86. The molecule has 32 heavy (non-hydrogen) atoms. The summed E-state index contributed by atoms with van der Waals surface area (Å²) in [6.45, 7) is 4.37. The van der Waals surface area contributed by atoms with Gasteiger partial charge in [-0.2, -0.15) is 4.31 Å². The predicted molar refractivity (Wildman–Crippen MR) is 118 cm³/mol. The van der Waals surface area contributed by atoms with E-state index in [1.165, 1.54) is 25.3 Å². The maximum atomic E-state index is 14.4. The van der Waals surface area contributed by atoms with E-state index in [4.69, 9.17) is 25.8 Å². The number of rotatable bonds is 7. The lowest BCUT2D eigenvalue weighted by molar-refractivity contribution is 0.0729. The van der Waals surface area contributed by atoms with Crippen LogP contribution in [0.15, 0.2) is 35.2 Å². The monoisotopic (exact) mass is 486 g/mol. The second-order valence-corrected chi connectivity index (χ2v) is 9.59. The lowest BCUT2D eigenvalue weighted by Gasteiger charge is -2.26. The number of morpholine rings is 1. The number of nitrogens with zero attached hydrogens (tertiary/aromatic N) is 1. The van der Waals surface area contributed by atoms with Gasteiger partial charge in [0.25, 0.3) is 5.91 Å². The van der Waals surface area contributed by atoms with Crippen LogP contribution in [0.3, 0.4) is 0 Å². The van der Waals surface area contributed by atoms with Crippen LogP contribution in [0.4, 0.5) is 10.1 Å². The summed E-state index contributed by atoms with van der Waals surface area (Å²) in [4.78, 5) is 12.3. The van der Waals surface area contributed by atoms with Crippen LogP contribution in [-0.4, -0.2) is 58.1 Å². The Labute approximate surface area is 191 Å². The number of benzene rings is 2. The Balaban J connectivity index is 1.87. The van der Waals surface area contributed by atoms with Gasteiger partial charge in [0.2, 0.25) is 10.0 Å². The number of halogens is 2. The Hall–Kier alpha value is -2.40. The molecule has 8 nitrogen and oxygen atoms in total. The number of amides is 1. The van der Waals surface area contributed by atoms with Crippen LogP contribution in [0.5, 0.6) is 11.5 Å². The molecule has 0 saturated carbocycles. The van der Waals surface area contributed by atoms with Gasteiger partial charge in [-0.05, 0) is 44.2 Å². The second-order valence-electron chi connectivity index (χ2n) is 7.27. The van der Waals surface area contributed by atoms with Gasteiger partial charge in [0.1, 0.15) is 10.7 Å². The van der Waals surface area contributed by atoms with Crippen molar-refractivity contribution in [1.29, 1.82) is 0 Å². The zero-order chi connectivity index (χ0) is 23.5. The number of carbonyl (C=O) groups excluding carboxylic acids is 1. The van der Waals surface area contributed by atoms with Crippen LogP contribution >= 0.6 is 11.6 Å². The van der Waals surface area contributed by atoms with E-state index in [1.807, 2.05) is 13.8 Å². The molecule has 1 N–H and O–H groups in total. The third-order valence-corrected chi connectivity index (χ3v) is 6.82. The molecular formula is C21H24ClFN2O6S. The molecule has 2 aromatic rings. The van der Waals surface area contributed by atoms with Crippen LogP contribution in [0, 0.1) is 5.82 Å². The molecule has 0 aliphatic carbocycles. The molecule has 174 valence electrons. The minimum Gasteiger partial charge on any atom is -0.493 e. The highest BCUT2D eigenvalue weighted by Gasteiger charge is 2.29. The maximum Gasteiger partial charge on any atom is 0.255 e. The summed E-state index contributed by atoms with van der Waals surface area (Å²) in [5, 5.41) is 2.75. The fourth-order valence-electron chi connectivity index (χ4n) is 3.11. The maximum absolute atomic E-state index is 14.4. The zero-order valence-corrected chi connectivity index (χ0v) is 19.4. The number of methoxy groups -OCH3 is 1. The molecule has 1 amide bonds. The molecule has 0 aromatic heterocycles. The fraction of sp³-hybridized carbons (Fsp3) is 0.381. The third-order valence-electron chi connectivity index (χ3n) is 4.62. The highest BCUT2D eigenvalue weighted by atomic mass is 35.5. The van der Waals surface area contributed by atoms with Gasteiger partial charge >= 0.3 is 0 Å². The van der Waals surface area contributed by atoms with Gasteiger partial charge in [-0.25, -0.2) is 12.8 Å². The summed E-state index contributed by atoms with van der Waals surface area (Å²) in [5.41, 5.74) is 0.269. The summed E-state index contributed by atoms with van der Waals surface area (Å²) in [7, 11) is -2.66. The largest absolute Gasteiger partial charge is 0.493 e. The summed E-state index contributed by atoms with van der Waals surface area (Å²) in [5.74, 6) is -0.913. The number of sulfonamides is 1. The van der Waals surface area contributed by atoms with Crippen LogP contribution in [0.1, 0.15) is 24.2 Å². The van der Waals surface area contributed by atoms with Crippen molar-refractivity contribution < 1.29 is 31.8 Å². The average molecular weight is 487 g/mol. The van der Waals surface area contributed by atoms with Gasteiger partial charge < -0.3 is 19.5 Å². The molecule has 0 radical (unpaired) electrons. The third kappa shape index (κ3) is 5.32. The van der Waals surface area contributed by atoms with Crippen LogP contribution < -0.4 is 14.8 Å². The molecule has 0 bridgehead atoms. The molecule has 1 aliphatic rings. The van der Waals surface area contributed by atoms with Crippen molar-refractivity contribution in [2.45, 2.75) is 24.8 Å². The van der Waals surface area contributed by atoms with Crippen LogP contribution in [-0.2, 0) is 14.8 Å². The number of carbonyl (C=O) groups is 1. The van der Waals surface area contributed by atoms with Crippen molar-refractivity contribution in [2.75, 3.05) is 38.7 Å². The smallest absolute Gasteiger partial charge is 0.255 e. The van der Waals surface area contributed by atoms with Crippen molar-refractivity contribution in [3.8, 4) is 11.5 Å². The molecule has 0 spiro atoms. The van der Waals surface area contributed by atoms with Gasteiger partial charge in [0.15, 0.2) is 11.5 Å². The molecule has 1 aliphatic heterocycles. The Morgan fingerprint density at radius 2 is 1.91 bits per heavy atom. The predicted octanol–water partition coefficient (Wildman–Crippen LogP) is 3.55.